The molecule has 0 aliphatic carbocycles. The molecule has 2 aromatic carbocycles. The molecule has 5 nitrogen and oxygen atoms in total. The van der Waals surface area contributed by atoms with Crippen molar-refractivity contribution >= 4 is 23.5 Å². The van der Waals surface area contributed by atoms with Crippen LogP contribution >= 0.6 is 23.5 Å². The van der Waals surface area contributed by atoms with Crippen LogP contribution in [0.4, 0.5) is 8.78 Å². The fraction of sp³-hybridized carbons (Fsp3) is 0.222. The van der Waals surface area contributed by atoms with Crippen molar-refractivity contribution in [1.29, 1.82) is 0 Å². The number of hydrogen-bond acceptors (Lipinski definition) is 7. The molecule has 0 unspecified atom stereocenters. The molecule has 0 saturated heterocycles. The van der Waals surface area contributed by atoms with E-state index in [0.717, 1.165) is 16.9 Å². The van der Waals surface area contributed by atoms with Crippen LogP contribution in [0.3, 0.4) is 0 Å². The lowest BCUT2D eigenvalue weighted by Gasteiger charge is -2.09. The molecule has 3 rings (SSSR count). The van der Waals surface area contributed by atoms with Gasteiger partial charge in [-0.2, -0.15) is 8.78 Å². The van der Waals surface area contributed by atoms with Gasteiger partial charge in [-0.1, -0.05) is 29.6 Å². The number of ether oxygens (including phenoxy) is 2. The number of alkyl halides is 2. The number of halogens is 2. The van der Waals surface area contributed by atoms with Crippen LogP contribution in [0.25, 0.3) is 11.5 Å². The Kier molecular flexibility index (Phi) is 6.57. The second-order valence-corrected chi connectivity index (χ2v) is 7.21. The molecule has 0 aliphatic heterocycles. The van der Waals surface area contributed by atoms with Crippen molar-refractivity contribution in [2.75, 3.05) is 14.2 Å². The number of methoxy groups -OCH3 is 2. The Bertz CT molecular complexity index is 889. The van der Waals surface area contributed by atoms with E-state index in [0.29, 0.717) is 39.3 Å². The predicted molar refractivity (Wildman–Crippen MR) is 101 cm³/mol. The summed E-state index contributed by atoms with van der Waals surface area (Å²) in [7, 11) is 3.06. The molecule has 0 amide bonds. The molecular formula is C18H16F2N2O3S2. The molecule has 27 heavy (non-hydrogen) atoms. The van der Waals surface area contributed by atoms with E-state index in [9.17, 15) is 8.78 Å². The van der Waals surface area contributed by atoms with Crippen LogP contribution in [0, 0.1) is 0 Å². The minimum absolute atomic E-state index is 0.404. The van der Waals surface area contributed by atoms with Gasteiger partial charge < -0.3 is 13.9 Å². The highest BCUT2D eigenvalue weighted by atomic mass is 32.2. The Hall–Kier alpha value is -2.26. The summed E-state index contributed by atoms with van der Waals surface area (Å²) in [5.41, 5.74) is 1.70. The molecule has 0 spiro atoms. The first-order valence-electron chi connectivity index (χ1n) is 7.81. The maximum atomic E-state index is 12.6. The molecule has 0 atom stereocenters. The van der Waals surface area contributed by atoms with Gasteiger partial charge in [-0.3, -0.25) is 0 Å². The normalized spacial score (nSPS) is 11.0. The van der Waals surface area contributed by atoms with E-state index >= 15 is 0 Å². The Morgan fingerprint density at radius 3 is 2.48 bits per heavy atom. The van der Waals surface area contributed by atoms with E-state index in [2.05, 4.69) is 10.2 Å². The third-order valence-electron chi connectivity index (χ3n) is 3.55. The molecule has 0 bridgehead atoms. The molecule has 0 saturated carbocycles. The molecule has 0 aliphatic rings. The Morgan fingerprint density at radius 2 is 1.81 bits per heavy atom. The van der Waals surface area contributed by atoms with Crippen molar-refractivity contribution < 1.29 is 22.7 Å². The largest absolute Gasteiger partial charge is 0.497 e. The average molecular weight is 410 g/mol. The van der Waals surface area contributed by atoms with Crippen LogP contribution in [-0.2, 0) is 5.75 Å². The van der Waals surface area contributed by atoms with Gasteiger partial charge >= 0.3 is 0 Å². The second kappa shape index (κ2) is 9.09. The minimum atomic E-state index is -2.49. The van der Waals surface area contributed by atoms with E-state index in [1.165, 1.54) is 18.9 Å². The molecule has 1 aromatic heterocycles. The highest BCUT2D eigenvalue weighted by Crippen LogP contribution is 2.35. The zero-order chi connectivity index (χ0) is 19.2. The molecule has 0 radical (unpaired) electrons. The van der Waals surface area contributed by atoms with Gasteiger partial charge in [0.15, 0.2) is 0 Å². The van der Waals surface area contributed by atoms with E-state index in [1.807, 2.05) is 24.3 Å². The van der Waals surface area contributed by atoms with Gasteiger partial charge in [0.25, 0.3) is 11.0 Å². The van der Waals surface area contributed by atoms with Crippen molar-refractivity contribution in [1.82, 2.24) is 10.2 Å². The van der Waals surface area contributed by atoms with Gasteiger partial charge in [-0.15, -0.1) is 10.2 Å². The van der Waals surface area contributed by atoms with E-state index < -0.39 is 5.76 Å². The number of hydrogen-bond donors (Lipinski definition) is 0. The van der Waals surface area contributed by atoms with E-state index in [4.69, 9.17) is 13.9 Å². The summed E-state index contributed by atoms with van der Waals surface area (Å²) >= 11 is 1.82. The molecule has 142 valence electrons. The Labute approximate surface area is 163 Å². The summed E-state index contributed by atoms with van der Waals surface area (Å²) in [6.45, 7) is 0. The van der Waals surface area contributed by atoms with Gasteiger partial charge in [-0.25, -0.2) is 0 Å². The van der Waals surface area contributed by atoms with Gasteiger partial charge in [0.05, 0.1) is 19.1 Å². The highest BCUT2D eigenvalue weighted by Gasteiger charge is 2.13. The summed E-state index contributed by atoms with van der Waals surface area (Å²) in [5.74, 6) is -0.367. The molecule has 0 N–H and O–H groups in total. The standard InChI is InChI=1S/C18H16F2N2O3S2/c1-23-13-6-4-12(5-7-13)16-21-22-18(25-16)26-10-11-3-8-15(27-17(19)20)14(9-11)24-2/h3-9,17H,10H2,1-2H3. The lowest BCUT2D eigenvalue weighted by Crippen LogP contribution is -1.91. The lowest BCUT2D eigenvalue weighted by atomic mass is 10.2. The third kappa shape index (κ3) is 5.14. The fourth-order valence-corrected chi connectivity index (χ4v) is 3.56. The predicted octanol–water partition coefficient (Wildman–Crippen LogP) is 5.36. The average Bonchev–Trinajstić information content (AvgIpc) is 3.16. The maximum Gasteiger partial charge on any atom is 0.289 e. The number of rotatable bonds is 8. The van der Waals surface area contributed by atoms with Crippen LogP contribution in [0.2, 0.25) is 0 Å². The summed E-state index contributed by atoms with van der Waals surface area (Å²) < 4.78 is 41.1. The first kappa shape index (κ1) is 19.5. The first-order chi connectivity index (χ1) is 13.1. The molecule has 3 aromatic rings. The number of benzene rings is 2. The van der Waals surface area contributed by atoms with Crippen molar-refractivity contribution in [2.45, 2.75) is 21.6 Å². The SMILES string of the molecule is COc1ccc(-c2nnc(SCc3ccc(SC(F)F)c(OC)c3)o2)cc1. The Morgan fingerprint density at radius 1 is 1.04 bits per heavy atom. The van der Waals surface area contributed by atoms with E-state index in [-0.39, 0.29) is 0 Å². The van der Waals surface area contributed by atoms with Gasteiger partial charge in [0, 0.05) is 11.3 Å². The van der Waals surface area contributed by atoms with Crippen molar-refractivity contribution in [3.8, 4) is 23.0 Å². The van der Waals surface area contributed by atoms with Gasteiger partial charge in [0.2, 0.25) is 5.89 Å². The summed E-state index contributed by atoms with van der Waals surface area (Å²) in [5, 5.41) is 8.50. The smallest absolute Gasteiger partial charge is 0.289 e. The van der Waals surface area contributed by atoms with Crippen LogP contribution in [0.1, 0.15) is 5.56 Å². The minimum Gasteiger partial charge on any atom is -0.497 e. The Balaban J connectivity index is 1.65. The van der Waals surface area contributed by atoms with Crippen LogP contribution in [-0.4, -0.2) is 30.2 Å². The van der Waals surface area contributed by atoms with Crippen LogP contribution in [0.15, 0.2) is 57.0 Å². The monoisotopic (exact) mass is 410 g/mol. The van der Waals surface area contributed by atoms with Gasteiger partial charge in [0.1, 0.15) is 11.5 Å². The third-order valence-corrected chi connectivity index (χ3v) is 5.21. The van der Waals surface area contributed by atoms with Crippen LogP contribution in [0.5, 0.6) is 11.5 Å². The quantitative estimate of drug-likeness (QED) is 0.463. The zero-order valence-electron chi connectivity index (χ0n) is 14.5. The molecule has 9 heteroatoms. The molecule has 1 heterocycles. The summed E-state index contributed by atoms with van der Waals surface area (Å²) in [6.07, 6.45) is 0. The maximum absolute atomic E-state index is 12.6. The second-order valence-electron chi connectivity index (χ2n) is 5.25. The van der Waals surface area contributed by atoms with Crippen LogP contribution < -0.4 is 9.47 Å². The number of thioether (sulfide) groups is 2. The molecule has 0 fully saturated rings. The highest BCUT2D eigenvalue weighted by molar-refractivity contribution is 7.99. The number of nitrogens with zero attached hydrogens (tertiary/aromatic N) is 2. The fourth-order valence-electron chi connectivity index (χ4n) is 2.26. The number of aromatic nitrogens is 2. The van der Waals surface area contributed by atoms with E-state index in [1.54, 1.807) is 25.3 Å². The van der Waals surface area contributed by atoms with Gasteiger partial charge in [-0.05, 0) is 42.0 Å². The topological polar surface area (TPSA) is 57.4 Å². The molecular weight excluding hydrogens is 394 g/mol. The summed E-state index contributed by atoms with van der Waals surface area (Å²) in [6, 6.07) is 12.5. The van der Waals surface area contributed by atoms with Crippen molar-refractivity contribution in [3.05, 3.63) is 48.0 Å². The zero-order valence-corrected chi connectivity index (χ0v) is 16.2. The first-order valence-corrected chi connectivity index (χ1v) is 9.68. The summed E-state index contributed by atoms with van der Waals surface area (Å²) in [4.78, 5) is 0.404. The van der Waals surface area contributed by atoms with Crippen molar-refractivity contribution in [2.24, 2.45) is 0 Å². The van der Waals surface area contributed by atoms with Crippen molar-refractivity contribution in [3.63, 3.8) is 0 Å². The lowest BCUT2D eigenvalue weighted by molar-refractivity contribution is 0.251.